The fourth-order valence-corrected chi connectivity index (χ4v) is 3.74. The summed E-state index contributed by atoms with van der Waals surface area (Å²) in [7, 11) is 0. The maximum atomic E-state index is 12.6. The van der Waals surface area contributed by atoms with Gasteiger partial charge in [0.25, 0.3) is 5.91 Å². The standard InChI is InChI=1S/C19H24N6O2/c26-19(15-3-1-2-12-27-15)25-10-4-14(5-11-25)17-18(23-9-8-22-17)24-16-13-20-6-7-21-16/h6-9,13-15H,1-5,10-12H2,(H,21,23,24)/t15-/m0/s1. The lowest BCUT2D eigenvalue weighted by Crippen LogP contribution is -2.45. The Hall–Kier alpha value is -2.61. The van der Waals surface area contributed by atoms with E-state index in [2.05, 4.69) is 25.3 Å². The van der Waals surface area contributed by atoms with Crippen molar-refractivity contribution in [2.24, 2.45) is 0 Å². The van der Waals surface area contributed by atoms with Crippen molar-refractivity contribution in [1.82, 2.24) is 24.8 Å². The highest BCUT2D eigenvalue weighted by molar-refractivity contribution is 5.81. The Bertz CT molecular complexity index is 758. The summed E-state index contributed by atoms with van der Waals surface area (Å²) in [5.41, 5.74) is 0.921. The van der Waals surface area contributed by atoms with Crippen LogP contribution in [0.15, 0.2) is 31.0 Å². The Morgan fingerprint density at radius 2 is 1.85 bits per heavy atom. The summed E-state index contributed by atoms with van der Waals surface area (Å²) in [5.74, 6) is 1.75. The molecule has 0 aromatic carbocycles. The monoisotopic (exact) mass is 368 g/mol. The van der Waals surface area contributed by atoms with E-state index in [1.807, 2.05) is 4.90 Å². The van der Waals surface area contributed by atoms with Gasteiger partial charge in [0.1, 0.15) is 11.9 Å². The molecule has 0 bridgehead atoms. The van der Waals surface area contributed by atoms with Crippen LogP contribution in [0.25, 0.3) is 0 Å². The molecule has 1 amide bonds. The van der Waals surface area contributed by atoms with E-state index < -0.39 is 0 Å². The van der Waals surface area contributed by atoms with Gasteiger partial charge in [0.05, 0.1) is 11.9 Å². The normalized spacial score (nSPS) is 21.0. The Balaban J connectivity index is 1.40. The maximum Gasteiger partial charge on any atom is 0.251 e. The number of ether oxygens (including phenoxy) is 1. The van der Waals surface area contributed by atoms with E-state index >= 15 is 0 Å². The van der Waals surface area contributed by atoms with Gasteiger partial charge in [-0.05, 0) is 32.1 Å². The van der Waals surface area contributed by atoms with Crippen LogP contribution in [0.2, 0.25) is 0 Å². The average molecular weight is 368 g/mol. The first-order valence-electron chi connectivity index (χ1n) is 9.55. The Kier molecular flexibility index (Phi) is 5.53. The van der Waals surface area contributed by atoms with Crippen molar-refractivity contribution in [2.45, 2.75) is 44.1 Å². The zero-order valence-corrected chi connectivity index (χ0v) is 15.3. The lowest BCUT2D eigenvalue weighted by atomic mass is 9.92. The van der Waals surface area contributed by atoms with Gasteiger partial charge in [-0.2, -0.15) is 0 Å². The molecule has 0 saturated carbocycles. The summed E-state index contributed by atoms with van der Waals surface area (Å²) in [6.07, 6.45) is 12.8. The van der Waals surface area contributed by atoms with Crippen LogP contribution in [-0.2, 0) is 9.53 Å². The molecular weight excluding hydrogens is 344 g/mol. The van der Waals surface area contributed by atoms with E-state index in [1.165, 1.54) is 0 Å². The van der Waals surface area contributed by atoms with Gasteiger partial charge in [-0.15, -0.1) is 0 Å². The van der Waals surface area contributed by atoms with Gasteiger partial charge in [0, 0.05) is 50.4 Å². The molecule has 4 rings (SSSR count). The molecule has 2 aromatic rings. The van der Waals surface area contributed by atoms with Crippen molar-refractivity contribution in [1.29, 1.82) is 0 Å². The van der Waals surface area contributed by atoms with E-state index in [9.17, 15) is 4.79 Å². The molecule has 0 radical (unpaired) electrons. The molecule has 2 aliphatic heterocycles. The van der Waals surface area contributed by atoms with Gasteiger partial charge >= 0.3 is 0 Å². The molecule has 0 aliphatic carbocycles. The minimum absolute atomic E-state index is 0.144. The predicted molar refractivity (Wildman–Crippen MR) is 99.5 cm³/mol. The van der Waals surface area contributed by atoms with Gasteiger partial charge in [0.15, 0.2) is 5.82 Å². The van der Waals surface area contributed by atoms with Crippen molar-refractivity contribution in [3.63, 3.8) is 0 Å². The molecule has 8 nitrogen and oxygen atoms in total. The van der Waals surface area contributed by atoms with E-state index in [-0.39, 0.29) is 17.9 Å². The largest absolute Gasteiger partial charge is 0.368 e. The number of nitrogens with zero attached hydrogens (tertiary/aromatic N) is 5. The number of carbonyl (C=O) groups is 1. The van der Waals surface area contributed by atoms with E-state index in [4.69, 9.17) is 4.74 Å². The number of anilines is 2. The second-order valence-electron chi connectivity index (χ2n) is 6.96. The number of rotatable bonds is 4. The fourth-order valence-electron chi connectivity index (χ4n) is 3.74. The van der Waals surface area contributed by atoms with Crippen LogP contribution in [0.4, 0.5) is 11.6 Å². The summed E-state index contributed by atoms with van der Waals surface area (Å²) >= 11 is 0. The molecule has 2 fully saturated rings. The van der Waals surface area contributed by atoms with Gasteiger partial charge in [-0.25, -0.2) is 9.97 Å². The molecule has 0 unspecified atom stereocenters. The number of aromatic nitrogens is 4. The lowest BCUT2D eigenvalue weighted by Gasteiger charge is -2.35. The first-order valence-corrected chi connectivity index (χ1v) is 9.55. The second kappa shape index (κ2) is 8.39. The first-order chi connectivity index (χ1) is 13.3. The quantitative estimate of drug-likeness (QED) is 0.885. The molecule has 1 N–H and O–H groups in total. The topological polar surface area (TPSA) is 93.1 Å². The molecule has 2 saturated heterocycles. The SMILES string of the molecule is O=C([C@@H]1CCCCO1)N1CCC(c2nccnc2Nc2cnccn2)CC1. The first kappa shape index (κ1) is 17.8. The van der Waals surface area contributed by atoms with Crippen LogP contribution in [0, 0.1) is 0 Å². The molecule has 1 atom stereocenters. The van der Waals surface area contributed by atoms with Gasteiger partial charge in [-0.3, -0.25) is 14.8 Å². The number of hydrogen-bond donors (Lipinski definition) is 1. The number of carbonyl (C=O) groups excluding carboxylic acids is 1. The smallest absolute Gasteiger partial charge is 0.251 e. The predicted octanol–water partition coefficient (Wildman–Crippen LogP) is 2.29. The van der Waals surface area contributed by atoms with Gasteiger partial charge in [-0.1, -0.05) is 0 Å². The van der Waals surface area contributed by atoms with Gasteiger partial charge < -0.3 is 15.0 Å². The number of amides is 1. The molecular formula is C19H24N6O2. The molecule has 27 heavy (non-hydrogen) atoms. The maximum absolute atomic E-state index is 12.6. The number of likely N-dealkylation sites (tertiary alicyclic amines) is 1. The van der Waals surface area contributed by atoms with Crippen LogP contribution in [0.3, 0.4) is 0 Å². The van der Waals surface area contributed by atoms with E-state index in [0.29, 0.717) is 18.2 Å². The van der Waals surface area contributed by atoms with Crippen molar-refractivity contribution in [3.05, 3.63) is 36.7 Å². The van der Waals surface area contributed by atoms with Crippen LogP contribution >= 0.6 is 0 Å². The van der Waals surface area contributed by atoms with Crippen LogP contribution in [0.1, 0.15) is 43.7 Å². The summed E-state index contributed by atoms with van der Waals surface area (Å²) in [6.45, 7) is 2.15. The molecule has 2 aliphatic rings. The lowest BCUT2D eigenvalue weighted by molar-refractivity contribution is -0.147. The van der Waals surface area contributed by atoms with Crippen LogP contribution < -0.4 is 5.32 Å². The summed E-state index contributed by atoms with van der Waals surface area (Å²) in [4.78, 5) is 31.9. The summed E-state index contributed by atoms with van der Waals surface area (Å²) in [5, 5.41) is 3.21. The third kappa shape index (κ3) is 4.21. The summed E-state index contributed by atoms with van der Waals surface area (Å²) < 4.78 is 5.65. The van der Waals surface area contributed by atoms with Crippen LogP contribution in [0.5, 0.6) is 0 Å². The third-order valence-electron chi connectivity index (χ3n) is 5.18. The molecule has 0 spiro atoms. The van der Waals surface area contributed by atoms with Gasteiger partial charge in [0.2, 0.25) is 0 Å². The van der Waals surface area contributed by atoms with Crippen molar-refractivity contribution < 1.29 is 9.53 Å². The number of nitrogens with one attached hydrogen (secondary N) is 1. The third-order valence-corrected chi connectivity index (χ3v) is 5.18. The highest BCUT2D eigenvalue weighted by Crippen LogP contribution is 2.31. The minimum Gasteiger partial charge on any atom is -0.368 e. The fraction of sp³-hybridized carbons (Fsp3) is 0.526. The summed E-state index contributed by atoms with van der Waals surface area (Å²) in [6, 6.07) is 0. The number of piperidine rings is 1. The molecule has 8 heteroatoms. The second-order valence-corrected chi connectivity index (χ2v) is 6.96. The van der Waals surface area contributed by atoms with Crippen molar-refractivity contribution >= 4 is 17.5 Å². The molecule has 2 aromatic heterocycles. The Morgan fingerprint density at radius 3 is 2.59 bits per heavy atom. The van der Waals surface area contributed by atoms with Crippen molar-refractivity contribution in [3.8, 4) is 0 Å². The molecule has 142 valence electrons. The number of hydrogen-bond acceptors (Lipinski definition) is 7. The Labute approximate surface area is 158 Å². The zero-order chi connectivity index (χ0) is 18.5. The molecule has 4 heterocycles. The highest BCUT2D eigenvalue weighted by Gasteiger charge is 2.31. The zero-order valence-electron chi connectivity index (χ0n) is 15.3. The Morgan fingerprint density at radius 1 is 1.04 bits per heavy atom. The highest BCUT2D eigenvalue weighted by atomic mass is 16.5. The average Bonchev–Trinajstić information content (AvgIpc) is 2.75. The van der Waals surface area contributed by atoms with Crippen molar-refractivity contribution in [2.75, 3.05) is 25.0 Å². The van der Waals surface area contributed by atoms with Crippen LogP contribution in [-0.4, -0.2) is 56.5 Å². The van der Waals surface area contributed by atoms with E-state index in [0.717, 1.165) is 50.9 Å². The minimum atomic E-state index is -0.249. The van der Waals surface area contributed by atoms with E-state index in [1.54, 1.807) is 31.0 Å².